The Morgan fingerprint density at radius 1 is 1.29 bits per heavy atom. The molecule has 0 bridgehead atoms. The fraction of sp³-hybridized carbons (Fsp3) is 0.412. The number of ketones is 1. The lowest BCUT2D eigenvalue weighted by molar-refractivity contribution is 0.101. The zero-order valence-electron chi connectivity index (χ0n) is 13.1. The molecule has 0 atom stereocenters. The minimum absolute atomic E-state index is 0.0203. The van der Waals surface area contributed by atoms with Crippen molar-refractivity contribution in [2.24, 2.45) is 0 Å². The van der Waals surface area contributed by atoms with Gasteiger partial charge in [-0.1, -0.05) is 18.6 Å². The molecule has 0 unspecified atom stereocenters. The Bertz CT molecular complexity index is 644. The molecule has 112 valence electrons. The van der Waals surface area contributed by atoms with Crippen molar-refractivity contribution in [1.82, 2.24) is 9.78 Å². The molecule has 4 nitrogen and oxygen atoms in total. The largest absolute Gasteiger partial charge is 0.487 e. The Morgan fingerprint density at radius 2 is 2.05 bits per heavy atom. The van der Waals surface area contributed by atoms with Crippen molar-refractivity contribution in [3.8, 4) is 5.75 Å². The Morgan fingerprint density at radius 3 is 2.67 bits per heavy atom. The van der Waals surface area contributed by atoms with Crippen molar-refractivity contribution in [2.75, 3.05) is 0 Å². The van der Waals surface area contributed by atoms with Gasteiger partial charge in [0.2, 0.25) is 0 Å². The molecular formula is C17H22N2O2. The molecular weight excluding hydrogens is 264 g/mol. The van der Waals surface area contributed by atoms with Crippen molar-refractivity contribution in [3.05, 3.63) is 46.8 Å². The van der Waals surface area contributed by atoms with Crippen molar-refractivity contribution in [1.29, 1.82) is 0 Å². The monoisotopic (exact) mass is 286 g/mol. The summed E-state index contributed by atoms with van der Waals surface area (Å²) in [5.74, 6) is 0.655. The van der Waals surface area contributed by atoms with E-state index in [2.05, 4.69) is 25.0 Å². The van der Waals surface area contributed by atoms with Gasteiger partial charge in [-0.3, -0.25) is 9.48 Å². The van der Waals surface area contributed by atoms with Gasteiger partial charge in [0, 0.05) is 6.54 Å². The lowest BCUT2D eigenvalue weighted by atomic mass is 10.1. The summed E-state index contributed by atoms with van der Waals surface area (Å²) < 4.78 is 7.80. The second-order valence-corrected chi connectivity index (χ2v) is 5.14. The molecule has 21 heavy (non-hydrogen) atoms. The van der Waals surface area contributed by atoms with E-state index in [9.17, 15) is 4.79 Å². The molecule has 0 fully saturated rings. The SMILES string of the molecule is CCc1cc(COc2ccc(C)cc2C(C)=O)n(CC)n1. The minimum Gasteiger partial charge on any atom is -0.487 e. The Labute approximate surface area is 125 Å². The highest BCUT2D eigenvalue weighted by Gasteiger charge is 2.11. The number of ether oxygens (including phenoxy) is 1. The highest BCUT2D eigenvalue weighted by molar-refractivity contribution is 5.97. The summed E-state index contributed by atoms with van der Waals surface area (Å²) in [5, 5.41) is 4.50. The summed E-state index contributed by atoms with van der Waals surface area (Å²) in [6, 6.07) is 7.74. The summed E-state index contributed by atoms with van der Waals surface area (Å²) in [5.41, 5.74) is 3.78. The first-order chi connectivity index (χ1) is 10.0. The molecule has 0 N–H and O–H groups in total. The summed E-state index contributed by atoms with van der Waals surface area (Å²) in [6.45, 7) is 8.91. The van der Waals surface area contributed by atoms with Gasteiger partial charge >= 0.3 is 0 Å². The molecule has 0 radical (unpaired) electrons. The van der Waals surface area contributed by atoms with Crippen LogP contribution in [0.3, 0.4) is 0 Å². The molecule has 0 saturated carbocycles. The standard InChI is InChI=1S/C17H22N2O2/c1-5-14-10-15(19(6-2)18-14)11-21-17-8-7-12(3)9-16(17)13(4)20/h7-10H,5-6,11H2,1-4H3. The lowest BCUT2D eigenvalue weighted by Crippen LogP contribution is -2.08. The summed E-state index contributed by atoms with van der Waals surface area (Å²) >= 11 is 0. The van der Waals surface area contributed by atoms with Crippen LogP contribution in [0.2, 0.25) is 0 Å². The van der Waals surface area contributed by atoms with Crippen molar-refractivity contribution in [2.45, 2.75) is 47.3 Å². The maximum Gasteiger partial charge on any atom is 0.163 e. The molecule has 2 aromatic rings. The zero-order valence-corrected chi connectivity index (χ0v) is 13.1. The smallest absolute Gasteiger partial charge is 0.163 e. The summed E-state index contributed by atoms with van der Waals surface area (Å²) in [6.07, 6.45) is 0.906. The van der Waals surface area contributed by atoms with E-state index < -0.39 is 0 Å². The number of rotatable bonds is 6. The van der Waals surface area contributed by atoms with Gasteiger partial charge in [0.25, 0.3) is 0 Å². The van der Waals surface area contributed by atoms with E-state index in [1.54, 1.807) is 6.92 Å². The molecule has 1 aromatic carbocycles. The van der Waals surface area contributed by atoms with Gasteiger partial charge in [-0.05, 0) is 45.4 Å². The predicted molar refractivity (Wildman–Crippen MR) is 82.8 cm³/mol. The van der Waals surface area contributed by atoms with Gasteiger partial charge in [0.15, 0.2) is 5.78 Å². The first kappa shape index (κ1) is 15.3. The van der Waals surface area contributed by atoms with E-state index in [0.29, 0.717) is 17.9 Å². The molecule has 0 spiro atoms. The van der Waals surface area contributed by atoms with Crippen LogP contribution in [0.25, 0.3) is 0 Å². The van der Waals surface area contributed by atoms with Gasteiger partial charge in [-0.15, -0.1) is 0 Å². The number of Topliss-reactive ketones (excluding diaryl/α,β-unsaturated/α-hetero) is 1. The number of hydrogen-bond donors (Lipinski definition) is 0. The molecule has 2 rings (SSSR count). The van der Waals surface area contributed by atoms with Crippen molar-refractivity contribution < 1.29 is 9.53 Å². The van der Waals surface area contributed by atoms with Crippen LogP contribution < -0.4 is 4.74 Å². The highest BCUT2D eigenvalue weighted by atomic mass is 16.5. The van der Waals surface area contributed by atoms with Gasteiger partial charge in [0.05, 0.1) is 17.0 Å². The quantitative estimate of drug-likeness (QED) is 0.763. The lowest BCUT2D eigenvalue weighted by Gasteiger charge is -2.11. The third-order valence-electron chi connectivity index (χ3n) is 3.47. The summed E-state index contributed by atoms with van der Waals surface area (Å²) in [4.78, 5) is 11.7. The van der Waals surface area contributed by atoms with E-state index >= 15 is 0 Å². The van der Waals surface area contributed by atoms with Gasteiger partial charge in [-0.2, -0.15) is 5.10 Å². The van der Waals surface area contributed by atoms with Crippen molar-refractivity contribution >= 4 is 5.78 Å². The molecule has 1 heterocycles. The fourth-order valence-corrected chi connectivity index (χ4v) is 2.27. The van der Waals surface area contributed by atoms with Crippen LogP contribution in [-0.2, 0) is 19.6 Å². The first-order valence-electron chi connectivity index (χ1n) is 7.35. The van der Waals surface area contributed by atoms with Crippen LogP contribution in [0.4, 0.5) is 0 Å². The van der Waals surface area contributed by atoms with Crippen LogP contribution in [0, 0.1) is 6.92 Å². The zero-order chi connectivity index (χ0) is 15.4. The number of nitrogens with zero attached hydrogens (tertiary/aromatic N) is 2. The number of benzene rings is 1. The normalized spacial score (nSPS) is 10.7. The average molecular weight is 286 g/mol. The summed E-state index contributed by atoms with van der Waals surface area (Å²) in [7, 11) is 0. The molecule has 4 heteroatoms. The van der Waals surface area contributed by atoms with Crippen LogP contribution in [0.5, 0.6) is 5.75 Å². The number of hydrogen-bond acceptors (Lipinski definition) is 3. The Kier molecular flexibility index (Phi) is 4.78. The number of aromatic nitrogens is 2. The van der Waals surface area contributed by atoms with E-state index in [1.807, 2.05) is 29.8 Å². The fourth-order valence-electron chi connectivity index (χ4n) is 2.27. The highest BCUT2D eigenvalue weighted by Crippen LogP contribution is 2.22. The molecule has 0 aliphatic carbocycles. The topological polar surface area (TPSA) is 44.1 Å². The molecule has 0 aliphatic heterocycles. The van der Waals surface area contributed by atoms with Crippen LogP contribution in [-0.4, -0.2) is 15.6 Å². The minimum atomic E-state index is 0.0203. The second kappa shape index (κ2) is 6.57. The van der Waals surface area contributed by atoms with E-state index in [4.69, 9.17) is 4.74 Å². The van der Waals surface area contributed by atoms with E-state index in [-0.39, 0.29) is 5.78 Å². The predicted octanol–water partition coefficient (Wildman–Crippen LogP) is 3.56. The van der Waals surface area contributed by atoms with Gasteiger partial charge < -0.3 is 4.74 Å². The maximum absolute atomic E-state index is 11.7. The van der Waals surface area contributed by atoms with Crippen LogP contribution in [0.1, 0.15) is 48.1 Å². The molecule has 0 saturated heterocycles. The van der Waals surface area contributed by atoms with Gasteiger partial charge in [-0.25, -0.2) is 0 Å². The molecule has 1 aromatic heterocycles. The number of carbonyl (C=O) groups is 1. The van der Waals surface area contributed by atoms with Crippen LogP contribution >= 0.6 is 0 Å². The van der Waals surface area contributed by atoms with E-state index in [1.165, 1.54) is 0 Å². The number of aryl methyl sites for hydroxylation is 3. The average Bonchev–Trinajstić information content (AvgIpc) is 2.88. The van der Waals surface area contributed by atoms with E-state index in [0.717, 1.165) is 29.9 Å². The maximum atomic E-state index is 11.7. The van der Waals surface area contributed by atoms with Crippen LogP contribution in [0.15, 0.2) is 24.3 Å². The molecule has 0 aliphatic rings. The Balaban J connectivity index is 2.20. The Hall–Kier alpha value is -2.10. The number of carbonyl (C=O) groups excluding carboxylic acids is 1. The third-order valence-corrected chi connectivity index (χ3v) is 3.47. The van der Waals surface area contributed by atoms with Crippen molar-refractivity contribution in [3.63, 3.8) is 0 Å². The second-order valence-electron chi connectivity index (χ2n) is 5.14. The third kappa shape index (κ3) is 3.51. The first-order valence-corrected chi connectivity index (χ1v) is 7.35. The molecule has 0 amide bonds. The van der Waals surface area contributed by atoms with Gasteiger partial charge in [0.1, 0.15) is 12.4 Å².